The first kappa shape index (κ1) is 27.0. The summed E-state index contributed by atoms with van der Waals surface area (Å²) in [7, 11) is 0. The van der Waals surface area contributed by atoms with Gasteiger partial charge in [-0.3, -0.25) is 24.6 Å². The van der Waals surface area contributed by atoms with Gasteiger partial charge in [0.05, 0.1) is 10.2 Å². The molecule has 37 heavy (non-hydrogen) atoms. The number of hydrogen-bond acceptors (Lipinski definition) is 5. The Bertz CT molecular complexity index is 1460. The number of carbonyl (C=O) groups excluding carboxylic acids is 3. The van der Waals surface area contributed by atoms with Crippen molar-refractivity contribution in [3.63, 3.8) is 0 Å². The number of halogens is 3. The summed E-state index contributed by atoms with van der Waals surface area (Å²) < 4.78 is 6.99. The lowest BCUT2D eigenvalue weighted by molar-refractivity contribution is -0.122. The largest absolute Gasteiger partial charge is 0.482 e. The van der Waals surface area contributed by atoms with E-state index in [0.29, 0.717) is 30.9 Å². The van der Waals surface area contributed by atoms with Crippen molar-refractivity contribution in [2.45, 2.75) is 6.92 Å². The predicted octanol–water partition coefficient (Wildman–Crippen LogP) is 6.02. The van der Waals surface area contributed by atoms with Crippen LogP contribution in [0.1, 0.15) is 11.1 Å². The smallest absolute Gasteiger partial charge is 0.270 e. The lowest BCUT2D eigenvalue weighted by atomic mass is 10.1. The number of nitrogens with zero attached hydrogens (tertiary/aromatic N) is 1. The molecule has 1 heterocycles. The zero-order valence-corrected chi connectivity index (χ0v) is 23.9. The first-order valence-corrected chi connectivity index (χ1v) is 13.2. The Hall–Kier alpha value is -3.05. The van der Waals surface area contributed by atoms with Crippen molar-refractivity contribution >= 4 is 96.0 Å². The molecule has 11 heteroatoms. The van der Waals surface area contributed by atoms with E-state index in [1.807, 2.05) is 13.0 Å². The highest BCUT2D eigenvalue weighted by Crippen LogP contribution is 2.35. The first-order chi connectivity index (χ1) is 17.6. The fourth-order valence-corrected chi connectivity index (χ4v) is 5.30. The summed E-state index contributed by atoms with van der Waals surface area (Å²) in [5, 5.41) is 5.80. The van der Waals surface area contributed by atoms with Gasteiger partial charge in [0.15, 0.2) is 11.7 Å². The first-order valence-electron chi connectivity index (χ1n) is 10.8. The third-order valence-electron chi connectivity index (χ3n) is 5.26. The van der Waals surface area contributed by atoms with Crippen molar-refractivity contribution in [3.8, 4) is 5.75 Å². The second kappa shape index (κ2) is 11.6. The zero-order valence-electron chi connectivity index (χ0n) is 19.2. The molecular weight excluding hydrogens is 646 g/mol. The molecule has 0 radical (unpaired) electrons. The maximum Gasteiger partial charge on any atom is 0.270 e. The molecule has 3 amide bonds. The average molecular weight is 664 g/mol. The average Bonchev–Trinajstić information content (AvgIpc) is 2.84. The molecule has 0 saturated carbocycles. The SMILES string of the molecule is Cc1ccc(NC(=O)COc2c(Br)cc(Br)cc2/C=C2/C(=O)NC(=S)N(c3ccccc3)C2=O)cc1Cl. The Morgan fingerprint density at radius 2 is 1.86 bits per heavy atom. The predicted molar refractivity (Wildman–Crippen MR) is 155 cm³/mol. The van der Waals surface area contributed by atoms with Crippen molar-refractivity contribution in [3.05, 3.63) is 91.3 Å². The summed E-state index contributed by atoms with van der Waals surface area (Å²) in [5.41, 5.74) is 2.18. The molecule has 1 saturated heterocycles. The summed E-state index contributed by atoms with van der Waals surface area (Å²) in [6.07, 6.45) is 1.40. The van der Waals surface area contributed by atoms with E-state index in [4.69, 9.17) is 28.6 Å². The number of para-hydroxylation sites is 1. The Morgan fingerprint density at radius 3 is 2.57 bits per heavy atom. The Kier molecular flexibility index (Phi) is 8.43. The number of rotatable bonds is 6. The van der Waals surface area contributed by atoms with Gasteiger partial charge in [-0.2, -0.15) is 0 Å². The number of ether oxygens (including phenoxy) is 1. The van der Waals surface area contributed by atoms with Gasteiger partial charge in [0, 0.05) is 20.7 Å². The van der Waals surface area contributed by atoms with E-state index in [9.17, 15) is 14.4 Å². The molecule has 3 aromatic rings. The minimum absolute atomic E-state index is 0.0156. The van der Waals surface area contributed by atoms with Crippen molar-refractivity contribution < 1.29 is 19.1 Å². The highest BCUT2D eigenvalue weighted by atomic mass is 79.9. The van der Waals surface area contributed by atoms with Gasteiger partial charge in [-0.1, -0.05) is 51.8 Å². The quantitative estimate of drug-likeness (QED) is 0.191. The molecule has 7 nitrogen and oxygen atoms in total. The number of nitrogens with one attached hydrogen (secondary N) is 2. The molecule has 0 unspecified atom stereocenters. The van der Waals surface area contributed by atoms with E-state index in [-0.39, 0.29) is 23.0 Å². The van der Waals surface area contributed by atoms with Crippen LogP contribution in [-0.2, 0) is 14.4 Å². The van der Waals surface area contributed by atoms with Crippen molar-refractivity contribution in [1.29, 1.82) is 0 Å². The van der Waals surface area contributed by atoms with Crippen LogP contribution in [0.4, 0.5) is 11.4 Å². The number of hydrogen-bond donors (Lipinski definition) is 2. The molecule has 188 valence electrons. The van der Waals surface area contributed by atoms with E-state index < -0.39 is 17.7 Å². The number of anilines is 2. The number of amides is 3. The number of thiocarbonyl (C=S) groups is 1. The fraction of sp³-hybridized carbons (Fsp3) is 0.0769. The number of benzene rings is 3. The molecule has 1 aliphatic heterocycles. The Balaban J connectivity index is 1.61. The third-order valence-corrected chi connectivity index (χ3v) is 6.99. The normalized spacial score (nSPS) is 14.5. The summed E-state index contributed by atoms with van der Waals surface area (Å²) in [4.78, 5) is 39.9. The maximum atomic E-state index is 13.3. The summed E-state index contributed by atoms with van der Waals surface area (Å²) in [6.45, 7) is 1.53. The van der Waals surface area contributed by atoms with Crippen LogP contribution < -0.4 is 20.3 Å². The lowest BCUT2D eigenvalue weighted by Gasteiger charge is -2.29. The van der Waals surface area contributed by atoms with Gasteiger partial charge in [0.1, 0.15) is 11.3 Å². The zero-order chi connectivity index (χ0) is 26.7. The molecule has 1 aliphatic rings. The van der Waals surface area contributed by atoms with Crippen LogP contribution in [0.5, 0.6) is 5.75 Å². The van der Waals surface area contributed by atoms with Gasteiger partial charge in [0.2, 0.25) is 0 Å². The molecule has 0 aromatic heterocycles. The van der Waals surface area contributed by atoms with Crippen LogP contribution in [0.3, 0.4) is 0 Å². The summed E-state index contributed by atoms with van der Waals surface area (Å²) in [6, 6.07) is 17.3. The van der Waals surface area contributed by atoms with E-state index >= 15 is 0 Å². The van der Waals surface area contributed by atoms with E-state index in [2.05, 4.69) is 42.5 Å². The number of carbonyl (C=O) groups is 3. The Labute approximate surface area is 240 Å². The van der Waals surface area contributed by atoms with Gasteiger partial charge in [0.25, 0.3) is 17.7 Å². The highest BCUT2D eigenvalue weighted by molar-refractivity contribution is 9.11. The van der Waals surface area contributed by atoms with Gasteiger partial charge in [-0.15, -0.1) is 0 Å². The van der Waals surface area contributed by atoms with Crippen molar-refractivity contribution in [2.75, 3.05) is 16.8 Å². The molecular formula is C26H18Br2ClN3O4S. The van der Waals surface area contributed by atoms with Gasteiger partial charge < -0.3 is 10.1 Å². The van der Waals surface area contributed by atoms with E-state index in [1.165, 1.54) is 11.0 Å². The standard InChI is InChI=1S/C26H18Br2ClN3O4S/c1-14-7-8-17(12-21(14)29)30-22(33)13-36-23-15(9-16(27)11-20(23)28)10-19-24(34)31-26(37)32(25(19)35)18-5-3-2-4-6-18/h2-12H,13H2,1H3,(H,30,33)(H,31,34,37)/b19-10-. The minimum atomic E-state index is -0.641. The molecule has 2 N–H and O–H groups in total. The van der Waals surface area contributed by atoms with Crippen LogP contribution in [-0.4, -0.2) is 29.4 Å². The van der Waals surface area contributed by atoms with Crippen LogP contribution in [0.25, 0.3) is 6.08 Å². The second-order valence-electron chi connectivity index (χ2n) is 7.90. The van der Waals surface area contributed by atoms with Crippen LogP contribution in [0, 0.1) is 6.92 Å². The molecule has 3 aromatic carbocycles. The molecule has 0 spiro atoms. The van der Waals surface area contributed by atoms with E-state index in [0.717, 1.165) is 5.56 Å². The topological polar surface area (TPSA) is 87.7 Å². The fourth-order valence-electron chi connectivity index (χ4n) is 3.47. The van der Waals surface area contributed by atoms with Crippen LogP contribution >= 0.6 is 55.7 Å². The lowest BCUT2D eigenvalue weighted by Crippen LogP contribution is -2.54. The third kappa shape index (κ3) is 6.27. The van der Waals surface area contributed by atoms with Crippen molar-refractivity contribution in [2.24, 2.45) is 0 Å². The summed E-state index contributed by atoms with van der Waals surface area (Å²) in [5.74, 6) is -1.37. The monoisotopic (exact) mass is 661 g/mol. The highest BCUT2D eigenvalue weighted by Gasteiger charge is 2.34. The molecule has 4 rings (SSSR count). The summed E-state index contributed by atoms with van der Waals surface area (Å²) >= 11 is 18.2. The molecule has 0 aliphatic carbocycles. The second-order valence-corrected chi connectivity index (χ2v) is 10.5. The van der Waals surface area contributed by atoms with Crippen LogP contribution in [0.15, 0.2) is 75.2 Å². The molecule has 1 fully saturated rings. The van der Waals surface area contributed by atoms with Crippen molar-refractivity contribution in [1.82, 2.24) is 5.32 Å². The number of aryl methyl sites for hydroxylation is 1. The van der Waals surface area contributed by atoms with E-state index in [1.54, 1.807) is 54.6 Å². The maximum absolute atomic E-state index is 13.3. The minimum Gasteiger partial charge on any atom is -0.482 e. The van der Waals surface area contributed by atoms with Gasteiger partial charge in [-0.25, -0.2) is 0 Å². The van der Waals surface area contributed by atoms with Crippen LogP contribution in [0.2, 0.25) is 5.02 Å². The van der Waals surface area contributed by atoms with Gasteiger partial charge in [-0.05, 0) is 83.1 Å². The molecule has 0 bridgehead atoms. The molecule has 0 atom stereocenters. The Morgan fingerprint density at radius 1 is 1.14 bits per heavy atom. The van der Waals surface area contributed by atoms with Gasteiger partial charge >= 0.3 is 0 Å².